The van der Waals surface area contributed by atoms with Gasteiger partial charge in [0.2, 0.25) is 10.0 Å². The summed E-state index contributed by atoms with van der Waals surface area (Å²) in [6, 6.07) is 9.07. The van der Waals surface area contributed by atoms with Gasteiger partial charge in [-0.3, -0.25) is 4.72 Å². The van der Waals surface area contributed by atoms with Crippen molar-refractivity contribution in [3.05, 3.63) is 48.2 Å². The van der Waals surface area contributed by atoms with Crippen LogP contribution in [-0.2, 0) is 10.0 Å². The first kappa shape index (κ1) is 19.7. The number of aromatic carboxylic acids is 1. The van der Waals surface area contributed by atoms with Gasteiger partial charge in [-0.05, 0) is 35.8 Å². The number of aromatic nitrogens is 2. The Morgan fingerprint density at radius 1 is 1.17 bits per heavy atom. The Morgan fingerprint density at radius 3 is 2.67 bits per heavy atom. The molecule has 10 nitrogen and oxygen atoms in total. The standard InChI is InChI=1S/C18H13N5O5S2/c1-30(27,28)23-12-6-2-4-9-14(12)13(8-11(15(9)24)18(25)26)20-21-17-10-5-3-7-19-16(10)22-29-17/h2-8,23-24H,1H3,(H,25,26)/b21-20+. The molecule has 2 heterocycles. The van der Waals surface area contributed by atoms with Crippen molar-refractivity contribution in [1.29, 1.82) is 0 Å². The lowest BCUT2D eigenvalue weighted by Crippen LogP contribution is -2.10. The van der Waals surface area contributed by atoms with Gasteiger partial charge in [0.05, 0.1) is 23.0 Å². The molecule has 0 aliphatic carbocycles. The highest BCUT2D eigenvalue weighted by atomic mass is 32.2. The van der Waals surface area contributed by atoms with Crippen molar-refractivity contribution in [3.63, 3.8) is 0 Å². The largest absolute Gasteiger partial charge is 0.506 e. The molecule has 2 aromatic heterocycles. The number of nitrogens with one attached hydrogen (secondary N) is 1. The minimum atomic E-state index is -3.65. The number of carboxylic acids is 1. The first-order chi connectivity index (χ1) is 14.2. The van der Waals surface area contributed by atoms with Crippen molar-refractivity contribution in [1.82, 2.24) is 9.36 Å². The third-order valence-corrected chi connectivity index (χ3v) is 5.45. The average Bonchev–Trinajstić information content (AvgIpc) is 3.09. The van der Waals surface area contributed by atoms with Crippen LogP contribution in [0.25, 0.3) is 21.8 Å². The molecule has 0 radical (unpaired) electrons. The highest BCUT2D eigenvalue weighted by Crippen LogP contribution is 2.41. The monoisotopic (exact) mass is 443 g/mol. The third kappa shape index (κ3) is 3.65. The number of hydrogen-bond acceptors (Lipinski definition) is 9. The number of anilines is 1. The number of carboxylic acid groups (broad SMARTS) is 1. The van der Waals surface area contributed by atoms with Crippen LogP contribution < -0.4 is 4.72 Å². The first-order valence-electron chi connectivity index (χ1n) is 8.36. The number of hydrogen-bond donors (Lipinski definition) is 3. The van der Waals surface area contributed by atoms with Crippen LogP contribution in [-0.4, -0.2) is 40.2 Å². The Kier molecular flexibility index (Phi) is 4.79. The highest BCUT2D eigenvalue weighted by molar-refractivity contribution is 7.92. The summed E-state index contributed by atoms with van der Waals surface area (Å²) in [4.78, 5) is 15.7. The zero-order valence-electron chi connectivity index (χ0n) is 15.3. The molecule has 4 rings (SSSR count). The van der Waals surface area contributed by atoms with E-state index in [-0.39, 0.29) is 27.7 Å². The number of sulfonamides is 1. The molecule has 30 heavy (non-hydrogen) atoms. The Hall–Kier alpha value is -3.64. The minimum Gasteiger partial charge on any atom is -0.506 e. The molecule has 0 atom stereocenters. The zero-order chi connectivity index (χ0) is 21.5. The maximum Gasteiger partial charge on any atom is 0.339 e. The van der Waals surface area contributed by atoms with Gasteiger partial charge in [0.25, 0.3) is 0 Å². The average molecular weight is 443 g/mol. The van der Waals surface area contributed by atoms with E-state index in [0.717, 1.165) is 23.9 Å². The number of pyridine rings is 1. The summed E-state index contributed by atoms with van der Waals surface area (Å²) in [6.45, 7) is 0. The number of nitrogens with zero attached hydrogens (tertiary/aromatic N) is 4. The van der Waals surface area contributed by atoms with Crippen molar-refractivity contribution in [2.24, 2.45) is 10.2 Å². The summed E-state index contributed by atoms with van der Waals surface area (Å²) in [5.41, 5.74) is 0.311. The van der Waals surface area contributed by atoms with Gasteiger partial charge in [-0.25, -0.2) is 18.2 Å². The van der Waals surface area contributed by atoms with Crippen LogP contribution in [0.15, 0.2) is 52.8 Å². The predicted octanol–water partition coefficient (Wildman–Crippen LogP) is 4.04. The lowest BCUT2D eigenvalue weighted by Gasteiger charge is -2.12. The molecule has 3 N–H and O–H groups in total. The molecule has 0 aliphatic rings. The zero-order valence-corrected chi connectivity index (χ0v) is 16.9. The summed E-state index contributed by atoms with van der Waals surface area (Å²) in [5, 5.41) is 29.6. The molecule has 0 saturated heterocycles. The van der Waals surface area contributed by atoms with E-state index in [1.807, 2.05) is 0 Å². The van der Waals surface area contributed by atoms with Crippen LogP contribution in [0.3, 0.4) is 0 Å². The minimum absolute atomic E-state index is 0.0670. The van der Waals surface area contributed by atoms with E-state index in [2.05, 4.69) is 24.3 Å². The number of phenols is 1. The van der Waals surface area contributed by atoms with Crippen molar-refractivity contribution in [2.45, 2.75) is 0 Å². The van der Waals surface area contributed by atoms with Crippen molar-refractivity contribution >= 4 is 65.7 Å². The molecular formula is C18H13N5O5S2. The summed E-state index contributed by atoms with van der Waals surface area (Å²) in [5.74, 6) is -1.86. The summed E-state index contributed by atoms with van der Waals surface area (Å²) < 4.78 is 30.1. The Morgan fingerprint density at radius 2 is 1.93 bits per heavy atom. The molecule has 0 aliphatic heterocycles. The van der Waals surface area contributed by atoms with Crippen molar-refractivity contribution < 1.29 is 23.4 Å². The molecule has 0 saturated carbocycles. The second-order valence-corrected chi connectivity index (χ2v) is 8.76. The van der Waals surface area contributed by atoms with E-state index in [4.69, 9.17) is 0 Å². The van der Waals surface area contributed by atoms with Crippen molar-refractivity contribution in [2.75, 3.05) is 11.0 Å². The SMILES string of the molecule is CS(=O)(=O)Nc1cccc2c(O)c(C(=O)O)cc(/N=N/c3snc4ncccc34)c12. The lowest BCUT2D eigenvalue weighted by molar-refractivity contribution is 0.0694. The number of aromatic hydroxyl groups is 1. The molecule has 2 aromatic carbocycles. The number of rotatable bonds is 5. The van der Waals surface area contributed by atoms with Gasteiger partial charge in [0.1, 0.15) is 11.3 Å². The maximum atomic E-state index is 11.8. The second kappa shape index (κ2) is 7.31. The van der Waals surface area contributed by atoms with Gasteiger partial charge >= 0.3 is 5.97 Å². The highest BCUT2D eigenvalue weighted by Gasteiger charge is 2.20. The van der Waals surface area contributed by atoms with Crippen LogP contribution in [0.5, 0.6) is 5.75 Å². The summed E-state index contributed by atoms with van der Waals surface area (Å²) >= 11 is 1.07. The molecular weight excluding hydrogens is 430 g/mol. The number of carbonyl (C=O) groups is 1. The fraction of sp³-hybridized carbons (Fsp3) is 0.0556. The summed E-state index contributed by atoms with van der Waals surface area (Å²) in [6.07, 6.45) is 2.58. The van der Waals surface area contributed by atoms with E-state index in [1.54, 1.807) is 18.3 Å². The van der Waals surface area contributed by atoms with E-state index in [1.165, 1.54) is 18.2 Å². The predicted molar refractivity (Wildman–Crippen MR) is 113 cm³/mol. The fourth-order valence-corrected chi connectivity index (χ4v) is 4.14. The molecule has 152 valence electrons. The fourth-order valence-electron chi connectivity index (χ4n) is 2.92. The van der Waals surface area contributed by atoms with Crippen LogP contribution in [0, 0.1) is 0 Å². The van der Waals surface area contributed by atoms with E-state index >= 15 is 0 Å². The third-order valence-electron chi connectivity index (χ3n) is 4.12. The van der Waals surface area contributed by atoms with Gasteiger partial charge in [0, 0.05) is 17.0 Å². The van der Waals surface area contributed by atoms with Gasteiger partial charge in [-0.2, -0.15) is 4.37 Å². The van der Waals surface area contributed by atoms with Crippen LogP contribution >= 0.6 is 11.5 Å². The molecule has 12 heteroatoms. The van der Waals surface area contributed by atoms with Gasteiger partial charge < -0.3 is 10.2 Å². The molecule has 0 amide bonds. The smallest absolute Gasteiger partial charge is 0.339 e. The molecule has 4 aromatic rings. The quantitative estimate of drug-likeness (QED) is 0.393. The molecule has 0 bridgehead atoms. The van der Waals surface area contributed by atoms with Gasteiger partial charge in [-0.15, -0.1) is 10.2 Å². The second-order valence-electron chi connectivity index (χ2n) is 6.26. The topological polar surface area (TPSA) is 154 Å². The number of benzene rings is 2. The first-order valence-corrected chi connectivity index (χ1v) is 11.0. The van der Waals surface area contributed by atoms with Gasteiger partial charge in [-0.1, -0.05) is 12.1 Å². The molecule has 0 fully saturated rings. The maximum absolute atomic E-state index is 11.8. The van der Waals surface area contributed by atoms with Crippen LogP contribution in [0.1, 0.15) is 10.4 Å². The normalized spacial score (nSPS) is 12.0. The van der Waals surface area contributed by atoms with Crippen LogP contribution in [0.4, 0.5) is 16.4 Å². The Balaban J connectivity index is 1.96. The van der Waals surface area contributed by atoms with Gasteiger partial charge in [0.15, 0.2) is 10.6 Å². The molecule has 0 spiro atoms. The van der Waals surface area contributed by atoms with E-state index < -0.39 is 21.7 Å². The Bertz CT molecular complexity index is 1450. The summed E-state index contributed by atoms with van der Waals surface area (Å²) in [7, 11) is -3.65. The number of azo groups is 1. The number of fused-ring (bicyclic) bond motifs is 2. The van der Waals surface area contributed by atoms with Crippen molar-refractivity contribution in [3.8, 4) is 5.75 Å². The Labute approximate surface area is 173 Å². The molecule has 0 unspecified atom stereocenters. The van der Waals surface area contributed by atoms with Crippen LogP contribution in [0.2, 0.25) is 0 Å². The lowest BCUT2D eigenvalue weighted by atomic mass is 10.0. The van der Waals surface area contributed by atoms with E-state index in [9.17, 15) is 23.4 Å². The van der Waals surface area contributed by atoms with E-state index in [0.29, 0.717) is 16.0 Å².